The van der Waals surface area contributed by atoms with Crippen LogP contribution in [0.15, 0.2) is 35.3 Å². The molecular formula is C28H32N8O4. The van der Waals surface area contributed by atoms with Crippen LogP contribution in [0.1, 0.15) is 44.9 Å². The summed E-state index contributed by atoms with van der Waals surface area (Å²) in [6.45, 7) is 5.99. The van der Waals surface area contributed by atoms with E-state index in [9.17, 15) is 19.5 Å². The van der Waals surface area contributed by atoms with E-state index in [0.29, 0.717) is 40.2 Å². The summed E-state index contributed by atoms with van der Waals surface area (Å²) in [5.74, 6) is -0.287. The number of aromatic nitrogens is 5. The van der Waals surface area contributed by atoms with Gasteiger partial charge in [0.05, 0.1) is 46.2 Å². The highest BCUT2D eigenvalue weighted by Crippen LogP contribution is 2.32. The van der Waals surface area contributed by atoms with Gasteiger partial charge in [0.15, 0.2) is 0 Å². The van der Waals surface area contributed by atoms with Gasteiger partial charge in [-0.25, -0.2) is 4.98 Å². The molecule has 3 aromatic heterocycles. The Bertz CT molecular complexity index is 1620. The van der Waals surface area contributed by atoms with Crippen molar-refractivity contribution in [1.29, 1.82) is 0 Å². The third kappa shape index (κ3) is 4.58. The Labute approximate surface area is 230 Å². The molecule has 0 unspecified atom stereocenters. The summed E-state index contributed by atoms with van der Waals surface area (Å²) in [5, 5.41) is 18.2. The number of aromatic amines is 2. The molecule has 2 aliphatic heterocycles. The lowest BCUT2D eigenvalue weighted by Crippen LogP contribution is -2.46. The Hall–Kier alpha value is -4.29. The molecule has 5 heterocycles. The first-order valence-corrected chi connectivity index (χ1v) is 13.4. The molecule has 2 aliphatic rings. The number of anilines is 1. The molecule has 12 heteroatoms. The fraction of sp³-hybridized carbons (Fsp3) is 0.393. The van der Waals surface area contributed by atoms with Crippen molar-refractivity contribution >= 4 is 28.5 Å². The van der Waals surface area contributed by atoms with Crippen LogP contribution in [0.3, 0.4) is 0 Å². The first kappa shape index (κ1) is 26.0. The molecule has 1 fully saturated rings. The number of nitrogens with zero attached hydrogens (tertiary/aromatic N) is 5. The van der Waals surface area contributed by atoms with Crippen LogP contribution in [-0.4, -0.2) is 90.3 Å². The van der Waals surface area contributed by atoms with Crippen LogP contribution in [0.4, 0.5) is 5.69 Å². The summed E-state index contributed by atoms with van der Waals surface area (Å²) >= 11 is 0. The zero-order valence-electron chi connectivity index (χ0n) is 22.7. The van der Waals surface area contributed by atoms with Crippen LogP contribution in [0.25, 0.3) is 22.4 Å². The predicted octanol–water partition coefficient (Wildman–Crippen LogP) is 1.89. The molecule has 2 amide bonds. The number of carbonyl (C=O) groups is 2. The van der Waals surface area contributed by atoms with Gasteiger partial charge in [0, 0.05) is 24.5 Å². The van der Waals surface area contributed by atoms with Crippen LogP contribution in [-0.2, 0) is 6.54 Å². The highest BCUT2D eigenvalue weighted by Gasteiger charge is 2.41. The van der Waals surface area contributed by atoms with Crippen molar-refractivity contribution in [1.82, 2.24) is 34.5 Å². The molecule has 6 rings (SSSR count). The predicted molar refractivity (Wildman–Crippen MR) is 149 cm³/mol. The van der Waals surface area contributed by atoms with Gasteiger partial charge in [0.25, 0.3) is 17.4 Å². The molecule has 0 radical (unpaired) electrons. The van der Waals surface area contributed by atoms with Gasteiger partial charge in [-0.2, -0.15) is 5.10 Å². The van der Waals surface area contributed by atoms with E-state index in [0.717, 1.165) is 37.3 Å². The molecule has 0 aliphatic carbocycles. The average molecular weight is 545 g/mol. The Morgan fingerprint density at radius 2 is 1.82 bits per heavy atom. The van der Waals surface area contributed by atoms with Gasteiger partial charge in [-0.15, -0.1) is 0 Å². The lowest BCUT2D eigenvalue weighted by atomic mass is 10.0. The van der Waals surface area contributed by atoms with Gasteiger partial charge in [-0.05, 0) is 71.1 Å². The minimum Gasteiger partial charge on any atom is -0.389 e. The first-order chi connectivity index (χ1) is 19.2. The number of hydrogen-bond acceptors (Lipinski definition) is 8. The molecule has 208 valence electrons. The molecule has 40 heavy (non-hydrogen) atoms. The second-order valence-corrected chi connectivity index (χ2v) is 10.8. The summed E-state index contributed by atoms with van der Waals surface area (Å²) in [6.07, 6.45) is 2.27. The van der Waals surface area contributed by atoms with Crippen molar-refractivity contribution in [2.75, 3.05) is 32.0 Å². The van der Waals surface area contributed by atoms with E-state index in [-0.39, 0.29) is 35.5 Å². The number of piperidine rings is 1. The number of aliphatic hydroxyl groups is 1. The summed E-state index contributed by atoms with van der Waals surface area (Å²) in [4.78, 5) is 53.5. The summed E-state index contributed by atoms with van der Waals surface area (Å²) in [5.41, 5.74) is 3.94. The Balaban J connectivity index is 1.25. The molecule has 0 spiro atoms. The van der Waals surface area contributed by atoms with Gasteiger partial charge in [-0.3, -0.25) is 24.0 Å². The standard InChI is InChI=1S/C28H32N8O4/c1-15-10-16(2)35(33-15)14-18(37)13-30-21-4-7-29-26(38)24(21)25-31-22-11-19-20(12-23(22)32-25)28(40)36(27(19)39)17-5-8-34(3)9-6-17/h4,7,10-12,17-18,37H,5-6,8-9,13-14H2,1-3H3,(H,31,32)(H2,29,30,38)/t18-/m1/s1. The van der Waals surface area contributed by atoms with Crippen molar-refractivity contribution in [3.05, 3.63) is 63.3 Å². The largest absolute Gasteiger partial charge is 0.389 e. The molecule has 1 atom stereocenters. The number of H-pyrrole nitrogens is 2. The number of imidazole rings is 1. The van der Waals surface area contributed by atoms with E-state index in [1.807, 2.05) is 27.0 Å². The van der Waals surface area contributed by atoms with Crippen molar-refractivity contribution < 1.29 is 14.7 Å². The van der Waals surface area contributed by atoms with Gasteiger partial charge in [0.2, 0.25) is 0 Å². The van der Waals surface area contributed by atoms with Crippen LogP contribution >= 0.6 is 0 Å². The number of aryl methyl sites for hydroxylation is 2. The number of likely N-dealkylation sites (tertiary alicyclic amines) is 1. The second kappa shape index (κ2) is 10.0. The zero-order valence-corrected chi connectivity index (χ0v) is 22.7. The van der Waals surface area contributed by atoms with Gasteiger partial charge < -0.3 is 25.3 Å². The Morgan fingerprint density at radius 1 is 1.10 bits per heavy atom. The third-order valence-electron chi connectivity index (χ3n) is 7.79. The van der Waals surface area contributed by atoms with E-state index in [4.69, 9.17) is 0 Å². The van der Waals surface area contributed by atoms with E-state index in [1.165, 1.54) is 11.1 Å². The molecule has 4 N–H and O–H groups in total. The molecular weight excluding hydrogens is 512 g/mol. The number of carbonyl (C=O) groups excluding carboxylic acids is 2. The fourth-order valence-corrected chi connectivity index (χ4v) is 5.68. The molecule has 0 bridgehead atoms. The Morgan fingerprint density at radius 3 is 2.52 bits per heavy atom. The van der Waals surface area contributed by atoms with Crippen molar-refractivity contribution in [3.8, 4) is 11.4 Å². The van der Waals surface area contributed by atoms with Crippen LogP contribution in [0.2, 0.25) is 0 Å². The van der Waals surface area contributed by atoms with Crippen LogP contribution in [0.5, 0.6) is 0 Å². The van der Waals surface area contributed by atoms with Crippen molar-refractivity contribution in [3.63, 3.8) is 0 Å². The normalized spacial score (nSPS) is 17.1. The van der Waals surface area contributed by atoms with Crippen molar-refractivity contribution in [2.24, 2.45) is 0 Å². The maximum atomic E-state index is 13.3. The van der Waals surface area contributed by atoms with E-state index < -0.39 is 6.10 Å². The number of nitrogens with one attached hydrogen (secondary N) is 3. The number of rotatable bonds is 7. The van der Waals surface area contributed by atoms with E-state index in [2.05, 4.69) is 30.3 Å². The lowest BCUT2D eigenvalue weighted by molar-refractivity contribution is 0.0516. The maximum absolute atomic E-state index is 13.3. The SMILES string of the molecule is Cc1cc(C)n(C[C@H](O)CNc2cc[nH]c(=O)c2-c2nc3cc4c(cc3[nH]2)C(=O)N(C2CCN(C)CC2)C4=O)n1. The zero-order chi connectivity index (χ0) is 28.1. The summed E-state index contributed by atoms with van der Waals surface area (Å²) in [7, 11) is 2.04. The molecule has 1 aromatic carbocycles. The number of fused-ring (bicyclic) bond motifs is 2. The first-order valence-electron chi connectivity index (χ1n) is 13.4. The van der Waals surface area contributed by atoms with Gasteiger partial charge >= 0.3 is 0 Å². The highest BCUT2D eigenvalue weighted by atomic mass is 16.3. The smallest absolute Gasteiger partial charge is 0.261 e. The summed E-state index contributed by atoms with van der Waals surface area (Å²) < 4.78 is 1.75. The summed E-state index contributed by atoms with van der Waals surface area (Å²) in [6, 6.07) is 6.81. The fourth-order valence-electron chi connectivity index (χ4n) is 5.68. The minimum atomic E-state index is -0.756. The second-order valence-electron chi connectivity index (χ2n) is 10.8. The average Bonchev–Trinajstić information content (AvgIpc) is 3.55. The number of hydrogen-bond donors (Lipinski definition) is 4. The number of benzene rings is 1. The Kier molecular flexibility index (Phi) is 6.51. The molecule has 12 nitrogen and oxygen atoms in total. The van der Waals surface area contributed by atoms with Gasteiger partial charge in [-0.1, -0.05) is 0 Å². The maximum Gasteiger partial charge on any atom is 0.261 e. The number of pyridine rings is 1. The van der Waals surface area contributed by atoms with E-state index in [1.54, 1.807) is 22.9 Å². The molecule has 1 saturated heterocycles. The van der Waals surface area contributed by atoms with Crippen LogP contribution in [0, 0.1) is 13.8 Å². The van der Waals surface area contributed by atoms with Crippen LogP contribution < -0.4 is 10.9 Å². The number of aliphatic hydroxyl groups excluding tert-OH is 1. The monoisotopic (exact) mass is 544 g/mol. The lowest BCUT2D eigenvalue weighted by Gasteiger charge is -2.33. The molecule has 4 aromatic rings. The minimum absolute atomic E-state index is 0.112. The number of imide groups is 1. The van der Waals surface area contributed by atoms with Gasteiger partial charge in [0.1, 0.15) is 11.4 Å². The number of amides is 2. The third-order valence-corrected chi connectivity index (χ3v) is 7.79. The van der Waals surface area contributed by atoms with E-state index >= 15 is 0 Å². The highest BCUT2D eigenvalue weighted by molar-refractivity contribution is 6.23. The van der Waals surface area contributed by atoms with Crippen molar-refractivity contribution in [2.45, 2.75) is 45.4 Å². The quantitative estimate of drug-likeness (QED) is 0.258. The molecule has 0 saturated carbocycles. The topological polar surface area (TPSA) is 152 Å².